The van der Waals surface area contributed by atoms with Crippen LogP contribution < -0.4 is 0 Å². The molecule has 0 saturated heterocycles. The van der Waals surface area contributed by atoms with E-state index >= 15 is 0 Å². The van der Waals surface area contributed by atoms with Crippen LogP contribution in [0, 0.1) is 5.92 Å². The molecule has 3 heteroatoms. The minimum Gasteiger partial charge on any atom is -0.368 e. The Hall–Kier alpha value is -0.380. The summed E-state index contributed by atoms with van der Waals surface area (Å²) in [5.41, 5.74) is 1.28. The third-order valence-corrected chi connectivity index (χ3v) is 3.22. The van der Waals surface area contributed by atoms with Crippen LogP contribution in [0.5, 0.6) is 0 Å². The van der Waals surface area contributed by atoms with Gasteiger partial charge < -0.3 is 9.84 Å². The molecule has 0 aliphatic heterocycles. The molecule has 1 saturated carbocycles. The van der Waals surface area contributed by atoms with Crippen LogP contribution in [-0.4, -0.2) is 18.5 Å². The summed E-state index contributed by atoms with van der Waals surface area (Å²) >= 11 is 3.44. The first kappa shape index (κ1) is 10.1. The van der Waals surface area contributed by atoms with E-state index in [-0.39, 0.29) is 5.92 Å². The first-order valence-corrected chi connectivity index (χ1v) is 5.48. The van der Waals surface area contributed by atoms with Crippen LogP contribution in [0.25, 0.3) is 0 Å². The highest BCUT2D eigenvalue weighted by Gasteiger charge is 2.43. The maximum atomic E-state index is 9.46. The lowest BCUT2D eigenvalue weighted by Gasteiger charge is -2.07. The monoisotopic (exact) mass is 256 g/mol. The van der Waals surface area contributed by atoms with Crippen LogP contribution in [0.1, 0.15) is 17.9 Å². The van der Waals surface area contributed by atoms with Crippen molar-refractivity contribution in [3.05, 3.63) is 34.3 Å². The zero-order chi connectivity index (χ0) is 10.1. The van der Waals surface area contributed by atoms with Crippen LogP contribution >= 0.6 is 15.9 Å². The molecule has 2 rings (SSSR count). The highest BCUT2D eigenvalue weighted by atomic mass is 79.9. The Labute approximate surface area is 92.0 Å². The summed E-state index contributed by atoms with van der Waals surface area (Å²) in [5, 5.41) is 9.46. The quantitative estimate of drug-likeness (QED) is 0.843. The summed E-state index contributed by atoms with van der Waals surface area (Å²) in [6.07, 6.45) is 0.407. The maximum absolute atomic E-state index is 9.46. The van der Waals surface area contributed by atoms with Crippen LogP contribution in [0.4, 0.5) is 0 Å². The van der Waals surface area contributed by atoms with Gasteiger partial charge in [0.15, 0.2) is 6.29 Å². The van der Waals surface area contributed by atoms with Crippen molar-refractivity contribution in [1.82, 2.24) is 0 Å². The first-order chi connectivity index (χ1) is 6.72. The molecule has 0 aromatic heterocycles. The number of benzene rings is 1. The van der Waals surface area contributed by atoms with Gasteiger partial charge in [0.1, 0.15) is 0 Å². The average Bonchev–Trinajstić information content (AvgIpc) is 2.96. The molecule has 1 fully saturated rings. The molecule has 3 atom stereocenters. The Morgan fingerprint density at radius 2 is 2.36 bits per heavy atom. The predicted molar refractivity (Wildman–Crippen MR) is 58.0 cm³/mol. The van der Waals surface area contributed by atoms with Crippen molar-refractivity contribution in [2.45, 2.75) is 18.6 Å². The normalized spacial score (nSPS) is 27.4. The van der Waals surface area contributed by atoms with E-state index in [0.29, 0.717) is 5.92 Å². The molecule has 1 aliphatic rings. The minimum absolute atomic E-state index is 0.272. The van der Waals surface area contributed by atoms with E-state index in [2.05, 4.69) is 28.1 Å². The highest BCUT2D eigenvalue weighted by molar-refractivity contribution is 9.10. The van der Waals surface area contributed by atoms with E-state index < -0.39 is 6.29 Å². The van der Waals surface area contributed by atoms with Crippen LogP contribution in [0.2, 0.25) is 0 Å². The molecule has 0 heterocycles. The van der Waals surface area contributed by atoms with Gasteiger partial charge in [0, 0.05) is 17.5 Å². The molecule has 0 amide bonds. The second kappa shape index (κ2) is 4.01. The molecule has 2 nitrogen and oxygen atoms in total. The lowest BCUT2D eigenvalue weighted by molar-refractivity contribution is -0.0895. The van der Waals surface area contributed by atoms with Gasteiger partial charge in [0.25, 0.3) is 0 Å². The molecular weight excluding hydrogens is 244 g/mol. The summed E-state index contributed by atoms with van der Waals surface area (Å²) < 4.78 is 5.99. The Bertz CT molecular complexity index is 327. The summed E-state index contributed by atoms with van der Waals surface area (Å²) in [6, 6.07) is 8.23. The Morgan fingerprint density at radius 1 is 1.57 bits per heavy atom. The molecule has 0 radical (unpaired) electrons. The highest BCUT2D eigenvalue weighted by Crippen LogP contribution is 2.49. The molecule has 3 unspecified atom stereocenters. The summed E-state index contributed by atoms with van der Waals surface area (Å²) in [7, 11) is 1.54. The molecule has 1 aliphatic carbocycles. The van der Waals surface area contributed by atoms with Crippen molar-refractivity contribution in [3.63, 3.8) is 0 Å². The number of halogens is 1. The van der Waals surface area contributed by atoms with Gasteiger partial charge in [0.05, 0.1) is 0 Å². The second-order valence-corrected chi connectivity index (χ2v) is 4.60. The maximum Gasteiger partial charge on any atom is 0.157 e. The number of aliphatic hydroxyl groups is 1. The van der Waals surface area contributed by atoms with Gasteiger partial charge in [-0.25, -0.2) is 0 Å². The molecule has 0 bridgehead atoms. The molecular formula is C11H13BrO2. The van der Waals surface area contributed by atoms with Crippen molar-refractivity contribution in [3.8, 4) is 0 Å². The van der Waals surface area contributed by atoms with Crippen molar-refractivity contribution in [1.29, 1.82) is 0 Å². The van der Waals surface area contributed by atoms with Gasteiger partial charge in [-0.1, -0.05) is 28.1 Å². The Morgan fingerprint density at radius 3 is 3.00 bits per heavy atom. The number of hydrogen-bond acceptors (Lipinski definition) is 2. The second-order valence-electron chi connectivity index (χ2n) is 3.69. The average molecular weight is 257 g/mol. The van der Waals surface area contributed by atoms with Crippen LogP contribution in [-0.2, 0) is 4.74 Å². The fourth-order valence-corrected chi connectivity index (χ4v) is 2.24. The third kappa shape index (κ3) is 2.00. The SMILES string of the molecule is COC(O)C1CC1c1cccc(Br)c1. The number of hydrogen-bond donors (Lipinski definition) is 1. The standard InChI is InChI=1S/C11H13BrO2/c1-14-11(13)10-6-9(10)7-3-2-4-8(12)5-7/h2-5,9-11,13H,6H2,1H3. The largest absolute Gasteiger partial charge is 0.368 e. The van der Waals surface area contributed by atoms with E-state index in [9.17, 15) is 5.11 Å². The van der Waals surface area contributed by atoms with Crippen molar-refractivity contribution < 1.29 is 9.84 Å². The van der Waals surface area contributed by atoms with Crippen molar-refractivity contribution in [2.75, 3.05) is 7.11 Å². The molecule has 1 aromatic carbocycles. The molecule has 1 aromatic rings. The van der Waals surface area contributed by atoms with Crippen molar-refractivity contribution >= 4 is 15.9 Å². The number of ether oxygens (including phenoxy) is 1. The van der Waals surface area contributed by atoms with Gasteiger partial charge in [-0.3, -0.25) is 0 Å². The Balaban J connectivity index is 2.06. The zero-order valence-corrected chi connectivity index (χ0v) is 9.57. The summed E-state index contributed by atoms with van der Waals surface area (Å²) in [6.45, 7) is 0. The molecule has 76 valence electrons. The fraction of sp³-hybridized carbons (Fsp3) is 0.455. The van der Waals surface area contributed by atoms with E-state index in [1.807, 2.05) is 12.1 Å². The van der Waals surface area contributed by atoms with Crippen molar-refractivity contribution in [2.24, 2.45) is 5.92 Å². The lowest BCUT2D eigenvalue weighted by Crippen LogP contribution is -2.12. The van der Waals surface area contributed by atoms with Gasteiger partial charge in [-0.2, -0.15) is 0 Å². The topological polar surface area (TPSA) is 29.5 Å². The summed E-state index contributed by atoms with van der Waals surface area (Å²) in [4.78, 5) is 0. The summed E-state index contributed by atoms with van der Waals surface area (Å²) in [5.74, 6) is 0.733. The van der Waals surface area contributed by atoms with E-state index in [1.54, 1.807) is 7.11 Å². The minimum atomic E-state index is -0.612. The predicted octanol–water partition coefficient (Wildman–Crippen LogP) is 2.52. The van der Waals surface area contributed by atoms with Gasteiger partial charge in [-0.15, -0.1) is 0 Å². The first-order valence-electron chi connectivity index (χ1n) is 4.68. The molecule has 1 N–H and O–H groups in total. The number of rotatable bonds is 3. The molecule has 14 heavy (non-hydrogen) atoms. The van der Waals surface area contributed by atoms with E-state index in [4.69, 9.17) is 4.74 Å². The fourth-order valence-electron chi connectivity index (χ4n) is 1.83. The smallest absolute Gasteiger partial charge is 0.157 e. The van der Waals surface area contributed by atoms with Gasteiger partial charge in [-0.05, 0) is 30.0 Å². The third-order valence-electron chi connectivity index (χ3n) is 2.72. The van der Waals surface area contributed by atoms with Crippen LogP contribution in [0.3, 0.4) is 0 Å². The number of aliphatic hydroxyl groups excluding tert-OH is 1. The zero-order valence-electron chi connectivity index (χ0n) is 7.98. The van der Waals surface area contributed by atoms with Crippen LogP contribution in [0.15, 0.2) is 28.7 Å². The number of methoxy groups -OCH3 is 1. The Kier molecular flexibility index (Phi) is 2.91. The van der Waals surface area contributed by atoms with Gasteiger partial charge >= 0.3 is 0 Å². The molecule has 0 spiro atoms. The van der Waals surface area contributed by atoms with E-state index in [1.165, 1.54) is 5.56 Å². The van der Waals surface area contributed by atoms with E-state index in [0.717, 1.165) is 10.9 Å². The van der Waals surface area contributed by atoms with Gasteiger partial charge in [0.2, 0.25) is 0 Å². The lowest BCUT2D eigenvalue weighted by atomic mass is 10.1.